The van der Waals surface area contributed by atoms with E-state index in [1.807, 2.05) is 17.5 Å². The summed E-state index contributed by atoms with van der Waals surface area (Å²) in [6, 6.07) is 5.51. The standard InChI is InChI=1S/C17H12Cl3N5OS/c18-10-3-7-27-15(10)13-11(9-2-1-5-22-8-9)12-14(24(13)6-4-21)16(26)25(20)17(19)23-12/h1-3,5,7-8H,4,6,21H2. The SMILES string of the molecule is NCCn1c(-c2sccc2Cl)c(-c2cccnc2)c2nc(Cl)n(Cl)c(=O)c21. The lowest BCUT2D eigenvalue weighted by molar-refractivity contribution is 0.738. The Morgan fingerprint density at radius 2 is 2.07 bits per heavy atom. The van der Waals surface area contributed by atoms with Gasteiger partial charge in [-0.15, -0.1) is 11.3 Å². The van der Waals surface area contributed by atoms with Gasteiger partial charge in [0.05, 0.1) is 15.6 Å². The molecule has 0 amide bonds. The number of nitrogens with two attached hydrogens (primary N) is 1. The molecule has 27 heavy (non-hydrogen) atoms. The number of pyridine rings is 1. The van der Waals surface area contributed by atoms with Gasteiger partial charge in [0.15, 0.2) is 0 Å². The summed E-state index contributed by atoms with van der Waals surface area (Å²) in [6.45, 7) is 0.701. The van der Waals surface area contributed by atoms with E-state index in [0.29, 0.717) is 34.7 Å². The van der Waals surface area contributed by atoms with E-state index >= 15 is 0 Å². The van der Waals surface area contributed by atoms with Crippen molar-refractivity contribution in [3.8, 4) is 21.7 Å². The van der Waals surface area contributed by atoms with Gasteiger partial charge < -0.3 is 10.3 Å². The van der Waals surface area contributed by atoms with Crippen molar-refractivity contribution in [2.45, 2.75) is 6.54 Å². The van der Waals surface area contributed by atoms with Gasteiger partial charge in [0.1, 0.15) is 11.0 Å². The Kier molecular flexibility index (Phi) is 4.96. The summed E-state index contributed by atoms with van der Waals surface area (Å²) in [5.41, 5.74) is 8.35. The zero-order chi connectivity index (χ0) is 19.1. The van der Waals surface area contributed by atoms with Crippen LogP contribution in [-0.2, 0) is 6.54 Å². The third-order valence-corrected chi connectivity index (χ3v) is 6.12. The maximum absolute atomic E-state index is 12.9. The molecule has 0 saturated heterocycles. The van der Waals surface area contributed by atoms with Crippen LogP contribution in [0.15, 0.2) is 40.8 Å². The predicted octanol–water partition coefficient (Wildman–Crippen LogP) is 4.26. The van der Waals surface area contributed by atoms with E-state index in [1.54, 1.807) is 23.0 Å². The molecule has 138 valence electrons. The van der Waals surface area contributed by atoms with Crippen LogP contribution in [0.1, 0.15) is 0 Å². The van der Waals surface area contributed by atoms with Gasteiger partial charge in [0.25, 0.3) is 5.56 Å². The Morgan fingerprint density at radius 1 is 1.26 bits per heavy atom. The number of rotatable bonds is 4. The second kappa shape index (κ2) is 7.26. The Balaban J connectivity index is 2.25. The minimum Gasteiger partial charge on any atom is -0.332 e. The molecular formula is C17H12Cl3N5OS. The third kappa shape index (κ3) is 2.96. The van der Waals surface area contributed by atoms with Crippen LogP contribution in [0, 0.1) is 0 Å². The van der Waals surface area contributed by atoms with Gasteiger partial charge in [-0.1, -0.05) is 17.7 Å². The van der Waals surface area contributed by atoms with E-state index in [-0.39, 0.29) is 5.28 Å². The molecule has 6 nitrogen and oxygen atoms in total. The number of aromatic nitrogens is 4. The highest BCUT2D eigenvalue weighted by Gasteiger charge is 2.26. The van der Waals surface area contributed by atoms with E-state index in [4.69, 9.17) is 40.7 Å². The number of thiophene rings is 1. The first-order chi connectivity index (χ1) is 13.0. The maximum Gasteiger partial charge on any atom is 0.293 e. The van der Waals surface area contributed by atoms with Crippen LogP contribution in [0.25, 0.3) is 32.7 Å². The number of hydrogen-bond donors (Lipinski definition) is 1. The molecule has 4 aromatic heterocycles. The van der Waals surface area contributed by atoms with E-state index in [1.165, 1.54) is 11.3 Å². The Labute approximate surface area is 172 Å². The van der Waals surface area contributed by atoms with Gasteiger partial charge in [-0.3, -0.25) is 9.78 Å². The lowest BCUT2D eigenvalue weighted by Gasteiger charge is -2.10. The molecule has 0 bridgehead atoms. The first-order valence-corrected chi connectivity index (χ1v) is 9.86. The molecule has 4 rings (SSSR count). The third-order valence-electron chi connectivity index (χ3n) is 4.12. The molecule has 0 radical (unpaired) electrons. The monoisotopic (exact) mass is 439 g/mol. The zero-order valence-corrected chi connectivity index (χ0v) is 16.8. The fraction of sp³-hybridized carbons (Fsp3) is 0.118. The molecule has 2 N–H and O–H groups in total. The van der Waals surface area contributed by atoms with Crippen LogP contribution in [0.3, 0.4) is 0 Å². The number of nitrogens with zero attached hydrogens (tertiary/aromatic N) is 4. The molecule has 10 heteroatoms. The summed E-state index contributed by atoms with van der Waals surface area (Å²) >= 11 is 20.0. The molecule has 4 aromatic rings. The van der Waals surface area contributed by atoms with Crippen molar-refractivity contribution in [1.29, 1.82) is 0 Å². The lowest BCUT2D eigenvalue weighted by Crippen LogP contribution is -2.20. The van der Waals surface area contributed by atoms with Gasteiger partial charge in [-0.2, -0.15) is 4.09 Å². The van der Waals surface area contributed by atoms with Gasteiger partial charge in [-0.25, -0.2) is 4.98 Å². The van der Waals surface area contributed by atoms with Crippen LogP contribution in [0.5, 0.6) is 0 Å². The lowest BCUT2D eigenvalue weighted by atomic mass is 10.1. The summed E-state index contributed by atoms with van der Waals surface area (Å²) in [7, 11) is 0. The second-order valence-electron chi connectivity index (χ2n) is 5.67. The molecule has 4 heterocycles. The highest BCUT2D eigenvalue weighted by atomic mass is 35.5. The predicted molar refractivity (Wildman–Crippen MR) is 111 cm³/mol. The molecule has 0 aromatic carbocycles. The molecule has 0 aliphatic carbocycles. The summed E-state index contributed by atoms with van der Waals surface area (Å²) in [5, 5.41) is 2.34. The van der Waals surface area contributed by atoms with Gasteiger partial charge in [-0.05, 0) is 29.1 Å². The minimum atomic E-state index is -0.468. The molecule has 0 saturated carbocycles. The van der Waals surface area contributed by atoms with Crippen molar-refractivity contribution in [3.05, 3.63) is 56.6 Å². The average molecular weight is 441 g/mol. The van der Waals surface area contributed by atoms with E-state index in [0.717, 1.165) is 20.2 Å². The number of fused-ring (bicyclic) bond motifs is 1. The number of halogens is 3. The fourth-order valence-corrected chi connectivity index (χ4v) is 4.56. The van der Waals surface area contributed by atoms with Crippen LogP contribution >= 0.6 is 46.3 Å². The van der Waals surface area contributed by atoms with E-state index < -0.39 is 5.56 Å². The summed E-state index contributed by atoms with van der Waals surface area (Å²) in [6.07, 6.45) is 3.38. The molecule has 0 atom stereocenters. The van der Waals surface area contributed by atoms with Crippen molar-refractivity contribution < 1.29 is 0 Å². The molecule has 0 aliphatic heterocycles. The van der Waals surface area contributed by atoms with Crippen LogP contribution in [-0.4, -0.2) is 25.2 Å². The molecule has 0 fully saturated rings. The second-order valence-corrected chi connectivity index (χ2v) is 7.67. The topological polar surface area (TPSA) is 78.7 Å². The summed E-state index contributed by atoms with van der Waals surface area (Å²) in [4.78, 5) is 22.3. The highest BCUT2D eigenvalue weighted by Crippen LogP contribution is 2.44. The first kappa shape index (κ1) is 18.5. The van der Waals surface area contributed by atoms with Crippen molar-refractivity contribution in [3.63, 3.8) is 0 Å². The van der Waals surface area contributed by atoms with Crippen molar-refractivity contribution in [2.24, 2.45) is 5.73 Å². The molecule has 0 spiro atoms. The molecule has 0 aliphatic rings. The Bertz CT molecular complexity index is 1200. The largest absolute Gasteiger partial charge is 0.332 e. The van der Waals surface area contributed by atoms with E-state index in [9.17, 15) is 4.79 Å². The van der Waals surface area contributed by atoms with Gasteiger partial charge in [0, 0.05) is 48.4 Å². The van der Waals surface area contributed by atoms with Crippen LogP contribution < -0.4 is 11.3 Å². The van der Waals surface area contributed by atoms with E-state index in [2.05, 4.69) is 9.97 Å². The zero-order valence-electron chi connectivity index (χ0n) is 13.7. The smallest absolute Gasteiger partial charge is 0.293 e. The van der Waals surface area contributed by atoms with Gasteiger partial charge in [0.2, 0.25) is 5.28 Å². The molecular weight excluding hydrogens is 429 g/mol. The summed E-state index contributed by atoms with van der Waals surface area (Å²) in [5.74, 6) is 0. The van der Waals surface area contributed by atoms with Crippen molar-refractivity contribution >= 4 is 57.3 Å². The highest BCUT2D eigenvalue weighted by molar-refractivity contribution is 7.14. The number of hydrogen-bond acceptors (Lipinski definition) is 5. The Morgan fingerprint density at radius 3 is 2.70 bits per heavy atom. The first-order valence-electron chi connectivity index (χ1n) is 7.89. The van der Waals surface area contributed by atoms with Crippen LogP contribution in [0.2, 0.25) is 10.3 Å². The summed E-state index contributed by atoms with van der Waals surface area (Å²) < 4.78 is 2.60. The Hall–Kier alpha value is -1.90. The van der Waals surface area contributed by atoms with Crippen molar-refractivity contribution in [2.75, 3.05) is 6.54 Å². The van der Waals surface area contributed by atoms with Gasteiger partial charge >= 0.3 is 0 Å². The normalized spacial score (nSPS) is 11.4. The maximum atomic E-state index is 12.9. The quantitative estimate of drug-likeness (QED) is 0.481. The van der Waals surface area contributed by atoms with Crippen LogP contribution in [0.4, 0.5) is 0 Å². The fourth-order valence-electron chi connectivity index (χ4n) is 3.08. The molecule has 0 unspecified atom stereocenters. The average Bonchev–Trinajstić information content (AvgIpc) is 3.22. The van der Waals surface area contributed by atoms with Crippen molar-refractivity contribution in [1.82, 2.24) is 18.6 Å². The minimum absolute atomic E-state index is 0.118.